The Hall–Kier alpha value is -2.54. The summed E-state index contributed by atoms with van der Waals surface area (Å²) in [6.07, 6.45) is 0.895. The van der Waals surface area contributed by atoms with E-state index in [2.05, 4.69) is 97.1 Å². The standard InChI is InChI=1S/C27H22Cl2/c28-18-22-7-3-11-26(16-22)24-9-1-5-20(14-24)13-21-6-2-10-25(15-21)27-12-4-8-23(17-27)19-29/h1-12,14-17H,13,18-19H2. The van der Waals surface area contributed by atoms with Crippen molar-refractivity contribution in [2.75, 3.05) is 0 Å². The molecule has 0 aliphatic rings. The maximum Gasteiger partial charge on any atom is 0.0474 e. The van der Waals surface area contributed by atoms with E-state index in [0.29, 0.717) is 11.8 Å². The van der Waals surface area contributed by atoms with Gasteiger partial charge in [0.05, 0.1) is 0 Å². The molecule has 0 atom stereocenters. The molecule has 0 bridgehead atoms. The minimum absolute atomic E-state index is 0.533. The van der Waals surface area contributed by atoms with E-state index in [1.807, 2.05) is 0 Å². The predicted octanol–water partition coefficient (Wildman–Crippen LogP) is 8.09. The van der Waals surface area contributed by atoms with E-state index < -0.39 is 0 Å². The molecule has 0 saturated carbocycles. The third-order valence-corrected chi connectivity index (χ3v) is 5.71. The zero-order valence-electron chi connectivity index (χ0n) is 16.1. The van der Waals surface area contributed by atoms with Crippen molar-refractivity contribution in [3.8, 4) is 22.3 Å². The summed E-state index contributed by atoms with van der Waals surface area (Å²) < 4.78 is 0. The lowest BCUT2D eigenvalue weighted by atomic mass is 9.96. The van der Waals surface area contributed by atoms with Crippen molar-refractivity contribution in [2.45, 2.75) is 18.2 Å². The highest BCUT2D eigenvalue weighted by Crippen LogP contribution is 2.26. The number of hydrogen-bond acceptors (Lipinski definition) is 0. The largest absolute Gasteiger partial charge is 0.122 e. The fraction of sp³-hybridized carbons (Fsp3) is 0.111. The summed E-state index contributed by atoms with van der Waals surface area (Å²) in [4.78, 5) is 0. The molecule has 0 amide bonds. The van der Waals surface area contributed by atoms with Crippen molar-refractivity contribution in [3.05, 3.63) is 119 Å². The molecule has 0 aliphatic heterocycles. The zero-order valence-corrected chi connectivity index (χ0v) is 17.6. The van der Waals surface area contributed by atoms with E-state index in [0.717, 1.165) is 17.5 Å². The second-order valence-electron chi connectivity index (χ2n) is 7.25. The van der Waals surface area contributed by atoms with Crippen molar-refractivity contribution >= 4 is 23.2 Å². The first-order chi connectivity index (χ1) is 14.2. The molecule has 0 radical (unpaired) electrons. The van der Waals surface area contributed by atoms with Crippen molar-refractivity contribution in [1.82, 2.24) is 0 Å². The highest BCUT2D eigenvalue weighted by Gasteiger charge is 2.04. The summed E-state index contributed by atoms with van der Waals surface area (Å²) in [7, 11) is 0. The molecular formula is C27H22Cl2. The third kappa shape index (κ3) is 4.90. The van der Waals surface area contributed by atoms with Gasteiger partial charge in [-0.15, -0.1) is 23.2 Å². The van der Waals surface area contributed by atoms with E-state index in [9.17, 15) is 0 Å². The maximum atomic E-state index is 6.00. The normalized spacial score (nSPS) is 10.8. The number of rotatable bonds is 6. The van der Waals surface area contributed by atoms with Crippen molar-refractivity contribution in [2.24, 2.45) is 0 Å². The lowest BCUT2D eigenvalue weighted by molar-refractivity contribution is 1.19. The van der Waals surface area contributed by atoms with Crippen molar-refractivity contribution in [1.29, 1.82) is 0 Å². The summed E-state index contributed by atoms with van der Waals surface area (Å²) in [6.45, 7) is 0. The Kier molecular flexibility index (Phi) is 6.34. The van der Waals surface area contributed by atoms with E-state index in [-0.39, 0.29) is 0 Å². The molecule has 4 aromatic rings. The number of hydrogen-bond donors (Lipinski definition) is 0. The molecule has 2 heteroatoms. The van der Waals surface area contributed by atoms with Gasteiger partial charge in [0.15, 0.2) is 0 Å². The molecule has 0 heterocycles. The van der Waals surface area contributed by atoms with Gasteiger partial charge in [0, 0.05) is 11.8 Å². The molecule has 0 aliphatic carbocycles. The predicted molar refractivity (Wildman–Crippen MR) is 126 cm³/mol. The molecule has 0 aromatic heterocycles. The van der Waals surface area contributed by atoms with E-state index in [1.165, 1.54) is 33.4 Å². The van der Waals surface area contributed by atoms with Gasteiger partial charge in [-0.1, -0.05) is 84.9 Å². The first-order valence-corrected chi connectivity index (χ1v) is 10.8. The Bertz CT molecular complexity index is 1030. The lowest BCUT2D eigenvalue weighted by Crippen LogP contribution is -1.91. The SMILES string of the molecule is ClCc1cccc(-c2cccc(Cc3cccc(-c4cccc(CCl)c4)c3)c2)c1. The van der Waals surface area contributed by atoms with Crippen LogP contribution in [-0.4, -0.2) is 0 Å². The Morgan fingerprint density at radius 3 is 1.07 bits per heavy atom. The van der Waals surface area contributed by atoms with Gasteiger partial charge < -0.3 is 0 Å². The number of benzene rings is 4. The van der Waals surface area contributed by atoms with Gasteiger partial charge in [0.2, 0.25) is 0 Å². The Labute approximate surface area is 182 Å². The van der Waals surface area contributed by atoms with E-state index in [1.54, 1.807) is 0 Å². The maximum absolute atomic E-state index is 6.00. The van der Waals surface area contributed by atoms with Gasteiger partial charge in [-0.25, -0.2) is 0 Å². The van der Waals surface area contributed by atoms with Crippen LogP contribution >= 0.6 is 23.2 Å². The van der Waals surface area contributed by atoms with Crippen LogP contribution in [0.3, 0.4) is 0 Å². The van der Waals surface area contributed by atoms with Crippen molar-refractivity contribution < 1.29 is 0 Å². The van der Waals surface area contributed by atoms with Crippen LogP contribution in [-0.2, 0) is 18.2 Å². The minimum Gasteiger partial charge on any atom is -0.122 e. The Morgan fingerprint density at radius 2 is 0.724 bits per heavy atom. The van der Waals surface area contributed by atoms with Crippen LogP contribution in [0.4, 0.5) is 0 Å². The molecule has 0 saturated heterocycles. The summed E-state index contributed by atoms with van der Waals surface area (Å²) in [6, 6.07) is 34.4. The fourth-order valence-electron chi connectivity index (χ4n) is 3.63. The van der Waals surface area contributed by atoms with Crippen LogP contribution in [0, 0.1) is 0 Å². The van der Waals surface area contributed by atoms with Crippen LogP contribution in [0.5, 0.6) is 0 Å². The summed E-state index contributed by atoms with van der Waals surface area (Å²) in [5.41, 5.74) is 9.73. The lowest BCUT2D eigenvalue weighted by Gasteiger charge is -2.09. The average molecular weight is 417 g/mol. The monoisotopic (exact) mass is 416 g/mol. The van der Waals surface area contributed by atoms with Crippen LogP contribution < -0.4 is 0 Å². The quantitative estimate of drug-likeness (QED) is 0.278. The highest BCUT2D eigenvalue weighted by molar-refractivity contribution is 6.17. The molecule has 29 heavy (non-hydrogen) atoms. The summed E-state index contributed by atoms with van der Waals surface area (Å²) in [5, 5.41) is 0. The van der Waals surface area contributed by atoms with Gasteiger partial charge in [0.1, 0.15) is 0 Å². The summed E-state index contributed by atoms with van der Waals surface area (Å²) in [5.74, 6) is 1.07. The molecule has 0 nitrogen and oxygen atoms in total. The topological polar surface area (TPSA) is 0 Å². The molecule has 0 N–H and O–H groups in total. The molecule has 144 valence electrons. The van der Waals surface area contributed by atoms with E-state index >= 15 is 0 Å². The first kappa shape index (κ1) is 19.8. The number of halogens is 2. The van der Waals surface area contributed by atoms with Gasteiger partial charge in [-0.05, 0) is 63.1 Å². The van der Waals surface area contributed by atoms with Crippen molar-refractivity contribution in [3.63, 3.8) is 0 Å². The van der Waals surface area contributed by atoms with Gasteiger partial charge >= 0.3 is 0 Å². The van der Waals surface area contributed by atoms with Crippen LogP contribution in [0.15, 0.2) is 97.1 Å². The second kappa shape index (κ2) is 9.31. The summed E-state index contributed by atoms with van der Waals surface area (Å²) >= 11 is 12.0. The molecule has 4 rings (SSSR count). The Morgan fingerprint density at radius 1 is 0.414 bits per heavy atom. The molecule has 0 fully saturated rings. The number of alkyl halides is 2. The Balaban J connectivity index is 1.60. The fourth-order valence-corrected chi connectivity index (χ4v) is 3.96. The van der Waals surface area contributed by atoms with Crippen LogP contribution in [0.25, 0.3) is 22.3 Å². The van der Waals surface area contributed by atoms with Crippen LogP contribution in [0.1, 0.15) is 22.3 Å². The van der Waals surface area contributed by atoms with E-state index in [4.69, 9.17) is 23.2 Å². The minimum atomic E-state index is 0.533. The zero-order chi connectivity index (χ0) is 20.1. The highest BCUT2D eigenvalue weighted by atomic mass is 35.5. The van der Waals surface area contributed by atoms with Gasteiger partial charge in [0.25, 0.3) is 0 Å². The molecule has 0 unspecified atom stereocenters. The second-order valence-corrected chi connectivity index (χ2v) is 7.78. The van der Waals surface area contributed by atoms with Gasteiger partial charge in [-0.3, -0.25) is 0 Å². The van der Waals surface area contributed by atoms with Crippen LogP contribution in [0.2, 0.25) is 0 Å². The first-order valence-electron chi connectivity index (χ1n) is 9.73. The molecular weight excluding hydrogens is 395 g/mol. The van der Waals surface area contributed by atoms with Gasteiger partial charge in [-0.2, -0.15) is 0 Å². The molecule has 0 spiro atoms. The smallest absolute Gasteiger partial charge is 0.0474 e. The average Bonchev–Trinajstić information content (AvgIpc) is 2.79. The third-order valence-electron chi connectivity index (χ3n) is 5.09. The molecule has 4 aromatic carbocycles.